The van der Waals surface area contributed by atoms with Crippen molar-refractivity contribution < 1.29 is 47.1 Å². The predicted molar refractivity (Wildman–Crippen MR) is 213 cm³/mol. The van der Waals surface area contributed by atoms with Crippen molar-refractivity contribution in [3.05, 3.63) is 102 Å². The van der Waals surface area contributed by atoms with Gasteiger partial charge in [0.25, 0.3) is 11.8 Å². The van der Waals surface area contributed by atoms with Gasteiger partial charge in [0.05, 0.1) is 24.2 Å². The summed E-state index contributed by atoms with van der Waals surface area (Å²) in [6.45, 7) is 6.07. The Labute approximate surface area is 334 Å². The average molecular weight is 810 g/mol. The lowest BCUT2D eigenvalue weighted by atomic mass is 9.91. The van der Waals surface area contributed by atoms with Crippen molar-refractivity contribution in [2.75, 3.05) is 19.7 Å². The Morgan fingerprint density at radius 1 is 0.877 bits per heavy atom. The first kappa shape index (κ1) is 46.4. The van der Waals surface area contributed by atoms with E-state index in [-0.39, 0.29) is 56.1 Å². The van der Waals surface area contributed by atoms with Crippen molar-refractivity contribution in [1.29, 1.82) is 0 Å². The molecule has 0 unspecified atom stereocenters. The molecule has 3 aromatic carbocycles. The van der Waals surface area contributed by atoms with Crippen LogP contribution in [0.1, 0.15) is 69.1 Å². The molecular weight excluding hydrogens is 755 g/mol. The van der Waals surface area contributed by atoms with Crippen LogP contribution in [0.3, 0.4) is 0 Å². The molecule has 3 amide bonds. The summed E-state index contributed by atoms with van der Waals surface area (Å²) in [5.74, 6) is -3.36. The Morgan fingerprint density at radius 2 is 1.49 bits per heavy atom. The van der Waals surface area contributed by atoms with Gasteiger partial charge in [-0.2, -0.15) is 0 Å². The first-order chi connectivity index (χ1) is 27.2. The number of imide groups is 1. The van der Waals surface area contributed by atoms with Crippen molar-refractivity contribution >= 4 is 40.2 Å². The van der Waals surface area contributed by atoms with Gasteiger partial charge in [0, 0.05) is 19.5 Å². The number of ether oxygens (including phenoxy) is 1. The summed E-state index contributed by atoms with van der Waals surface area (Å²) in [5.41, 5.74) is 9.43. The molecule has 0 aliphatic carbocycles. The van der Waals surface area contributed by atoms with Crippen LogP contribution in [0.2, 0.25) is 0 Å². The number of unbranched alkanes of at least 4 members (excludes halogenated alkanes) is 2. The number of benzene rings is 3. The highest BCUT2D eigenvalue weighted by Crippen LogP contribution is 2.19. The second-order valence-corrected chi connectivity index (χ2v) is 16.0. The molecule has 0 saturated heterocycles. The van der Waals surface area contributed by atoms with Gasteiger partial charge >= 0.3 is 12.1 Å². The Bertz CT molecular complexity index is 1850. The van der Waals surface area contributed by atoms with Crippen LogP contribution in [-0.2, 0) is 51.8 Å². The normalized spacial score (nSPS) is 13.6. The van der Waals surface area contributed by atoms with E-state index >= 15 is 0 Å². The molecule has 3 aromatic rings. The molecule has 0 bridgehead atoms. The van der Waals surface area contributed by atoms with Crippen molar-refractivity contribution in [2.24, 2.45) is 11.7 Å². The Kier molecular flexibility index (Phi) is 18.9. The lowest BCUT2D eigenvalue weighted by molar-refractivity contribution is -0.157. The summed E-state index contributed by atoms with van der Waals surface area (Å²) in [6, 6.07) is 21.4. The third-order valence-corrected chi connectivity index (χ3v) is 10.4. The number of sulfonamides is 1. The number of aryl methyl sites for hydroxylation is 1. The standard InChI is InChI=1S/C41H55N5O10S/c1-30(2)28-55-39(50)41(42,23-11-13-25-44-57(53,54)35-21-19-31(3)20-22-35)38(49)45-36(26-32-14-6-4-7-15-32)37(48)46(40(51)52)34(27-47)18-10-12-24-43-56-29-33-16-8-5-9-17-33/h4-9,14-17,19-22,27,30,34,36,43-44H,10-13,18,23-26,28-29,42H2,1-3H3,(H,45,49)(H,51,52)/t34-,36-,41+/m0/s1. The van der Waals surface area contributed by atoms with E-state index in [1.165, 1.54) is 12.1 Å². The SMILES string of the molecule is Cc1ccc(S(=O)(=O)NCCCC[C@@](N)(C(=O)N[C@@H](Cc2ccccc2)C(=O)N(C(=O)O)[C@H](C=O)CCCCNOCc2ccccc2)C(=O)OCC(C)C)cc1. The number of hydroxylamine groups is 1. The number of hydrogen-bond acceptors (Lipinski definition) is 11. The summed E-state index contributed by atoms with van der Waals surface area (Å²) in [5, 5.41) is 12.7. The molecule has 0 aromatic heterocycles. The van der Waals surface area contributed by atoms with Gasteiger partial charge in [0.1, 0.15) is 12.3 Å². The molecule has 0 fully saturated rings. The van der Waals surface area contributed by atoms with Gasteiger partial charge in [-0.05, 0) is 74.6 Å². The van der Waals surface area contributed by atoms with E-state index in [4.69, 9.17) is 15.3 Å². The molecule has 15 nitrogen and oxygen atoms in total. The Hall–Kier alpha value is -5.00. The fourth-order valence-corrected chi connectivity index (χ4v) is 6.78. The number of hydrogen-bond donors (Lipinski definition) is 5. The number of carbonyl (C=O) groups is 5. The average Bonchev–Trinajstić information content (AvgIpc) is 3.19. The maximum atomic E-state index is 14.1. The number of nitrogens with zero attached hydrogens (tertiary/aromatic N) is 1. The van der Waals surface area contributed by atoms with Crippen molar-refractivity contribution in [1.82, 2.24) is 20.4 Å². The smallest absolute Gasteiger partial charge is 0.414 e. The van der Waals surface area contributed by atoms with E-state index in [9.17, 15) is 37.5 Å². The first-order valence-electron chi connectivity index (χ1n) is 18.9. The second kappa shape index (κ2) is 23.3. The highest BCUT2D eigenvalue weighted by atomic mass is 32.2. The molecular formula is C41H55N5O10S. The third-order valence-electron chi connectivity index (χ3n) is 8.97. The maximum absolute atomic E-state index is 14.1. The van der Waals surface area contributed by atoms with E-state index in [1.807, 2.05) is 37.3 Å². The van der Waals surface area contributed by atoms with Crippen LogP contribution in [-0.4, -0.2) is 85.9 Å². The number of nitrogens with one attached hydrogen (secondary N) is 3. The molecule has 310 valence electrons. The van der Waals surface area contributed by atoms with Gasteiger partial charge in [-0.15, -0.1) is 0 Å². The fourth-order valence-electron chi connectivity index (χ4n) is 5.71. The second-order valence-electron chi connectivity index (χ2n) is 14.2. The van der Waals surface area contributed by atoms with Gasteiger partial charge in [-0.3, -0.25) is 14.4 Å². The topological polar surface area (TPSA) is 224 Å². The van der Waals surface area contributed by atoms with Crippen molar-refractivity contribution in [3.63, 3.8) is 0 Å². The molecule has 16 heteroatoms. The minimum absolute atomic E-state index is 0.00390. The summed E-state index contributed by atoms with van der Waals surface area (Å²) in [7, 11) is -3.82. The molecule has 0 heterocycles. The van der Waals surface area contributed by atoms with Crippen LogP contribution < -0.4 is 21.3 Å². The van der Waals surface area contributed by atoms with E-state index in [0.29, 0.717) is 42.7 Å². The molecule has 0 radical (unpaired) electrons. The predicted octanol–water partition coefficient (Wildman–Crippen LogP) is 4.03. The zero-order chi connectivity index (χ0) is 41.8. The molecule has 0 saturated carbocycles. The van der Waals surface area contributed by atoms with Crippen molar-refractivity contribution in [2.45, 2.75) is 94.8 Å². The fraction of sp³-hybridized carbons (Fsp3) is 0.439. The minimum atomic E-state index is -3.82. The number of aldehydes is 1. The van der Waals surface area contributed by atoms with Gasteiger partial charge < -0.3 is 25.7 Å². The summed E-state index contributed by atoms with van der Waals surface area (Å²) < 4.78 is 33.4. The highest BCUT2D eigenvalue weighted by molar-refractivity contribution is 7.89. The van der Waals surface area contributed by atoms with Crippen LogP contribution >= 0.6 is 0 Å². The maximum Gasteiger partial charge on any atom is 0.414 e. The van der Waals surface area contributed by atoms with Crippen LogP contribution in [0.25, 0.3) is 0 Å². The molecule has 0 aliphatic rings. The first-order valence-corrected chi connectivity index (χ1v) is 20.4. The van der Waals surface area contributed by atoms with E-state index in [2.05, 4.69) is 15.5 Å². The van der Waals surface area contributed by atoms with Gasteiger partial charge in [0.2, 0.25) is 10.0 Å². The zero-order valence-corrected chi connectivity index (χ0v) is 33.5. The zero-order valence-electron chi connectivity index (χ0n) is 32.7. The number of amides is 3. The van der Waals surface area contributed by atoms with Gasteiger partial charge in [-0.25, -0.2) is 33.1 Å². The van der Waals surface area contributed by atoms with Crippen molar-refractivity contribution in [3.8, 4) is 0 Å². The van der Waals surface area contributed by atoms with Crippen LogP contribution in [0.4, 0.5) is 4.79 Å². The third kappa shape index (κ3) is 15.1. The number of esters is 1. The van der Waals surface area contributed by atoms with Crippen LogP contribution in [0.15, 0.2) is 89.8 Å². The Morgan fingerprint density at radius 3 is 2.09 bits per heavy atom. The summed E-state index contributed by atoms with van der Waals surface area (Å²) in [6.07, 6.45) is -0.687. The lowest BCUT2D eigenvalue weighted by Crippen LogP contribution is -2.64. The number of carbonyl (C=O) groups excluding carboxylic acids is 4. The minimum Gasteiger partial charge on any atom is -0.465 e. The van der Waals surface area contributed by atoms with Gasteiger partial charge in [0.15, 0.2) is 5.54 Å². The van der Waals surface area contributed by atoms with Crippen LogP contribution in [0.5, 0.6) is 0 Å². The molecule has 3 atom stereocenters. The quantitative estimate of drug-likeness (QED) is 0.0269. The summed E-state index contributed by atoms with van der Waals surface area (Å²) >= 11 is 0. The largest absolute Gasteiger partial charge is 0.465 e. The van der Waals surface area contributed by atoms with E-state index < -0.39 is 51.5 Å². The molecule has 3 rings (SSSR count). The number of carboxylic acid groups (broad SMARTS) is 1. The highest BCUT2D eigenvalue weighted by Gasteiger charge is 2.46. The van der Waals surface area contributed by atoms with Gasteiger partial charge in [-0.1, -0.05) is 92.2 Å². The van der Waals surface area contributed by atoms with E-state index in [0.717, 1.165) is 11.1 Å². The Balaban J connectivity index is 1.74. The molecule has 57 heavy (non-hydrogen) atoms. The molecule has 0 aliphatic heterocycles. The lowest BCUT2D eigenvalue weighted by Gasteiger charge is -2.31. The molecule has 6 N–H and O–H groups in total. The summed E-state index contributed by atoms with van der Waals surface area (Å²) in [4.78, 5) is 72.4. The van der Waals surface area contributed by atoms with E-state index in [1.54, 1.807) is 56.3 Å². The number of rotatable bonds is 25. The number of nitrogens with two attached hydrogens (primary N) is 1. The molecule has 0 spiro atoms. The van der Waals surface area contributed by atoms with Crippen LogP contribution in [0, 0.1) is 12.8 Å². The monoisotopic (exact) mass is 809 g/mol.